The van der Waals surface area contributed by atoms with Gasteiger partial charge in [-0.1, -0.05) is 11.3 Å². The van der Waals surface area contributed by atoms with E-state index in [9.17, 15) is 9.59 Å². The third-order valence-electron chi connectivity index (χ3n) is 4.42. The SMILES string of the molecule is COc1ccc(NC(=O)Cn2nnc(C(=O)Nc3ccc(C)c(C)c3)c2N)cc1. The summed E-state index contributed by atoms with van der Waals surface area (Å²) in [6.45, 7) is 3.76. The van der Waals surface area contributed by atoms with E-state index < -0.39 is 5.91 Å². The van der Waals surface area contributed by atoms with Crippen molar-refractivity contribution >= 4 is 29.0 Å². The Morgan fingerprint density at radius 1 is 1.03 bits per heavy atom. The molecule has 0 saturated heterocycles. The predicted octanol–water partition coefficient (Wildman–Crippen LogP) is 2.38. The Morgan fingerprint density at radius 3 is 2.38 bits per heavy atom. The smallest absolute Gasteiger partial charge is 0.280 e. The monoisotopic (exact) mass is 394 g/mol. The van der Waals surface area contributed by atoms with Gasteiger partial charge in [0.2, 0.25) is 5.91 Å². The second kappa shape index (κ2) is 8.42. The van der Waals surface area contributed by atoms with E-state index in [0.29, 0.717) is 17.1 Å². The first-order valence-corrected chi connectivity index (χ1v) is 8.89. The number of carbonyl (C=O) groups excluding carboxylic acids is 2. The summed E-state index contributed by atoms with van der Waals surface area (Å²) < 4.78 is 6.25. The van der Waals surface area contributed by atoms with Crippen molar-refractivity contribution in [3.63, 3.8) is 0 Å². The molecule has 0 atom stereocenters. The number of amides is 2. The Hall–Kier alpha value is -3.88. The Morgan fingerprint density at radius 2 is 1.72 bits per heavy atom. The number of ether oxygens (including phenoxy) is 1. The molecule has 0 saturated carbocycles. The molecule has 2 amide bonds. The van der Waals surface area contributed by atoms with Crippen LogP contribution in [0.3, 0.4) is 0 Å². The Balaban J connectivity index is 1.65. The lowest BCUT2D eigenvalue weighted by Gasteiger charge is -2.08. The number of hydrogen-bond donors (Lipinski definition) is 3. The van der Waals surface area contributed by atoms with Crippen LogP contribution in [-0.4, -0.2) is 33.9 Å². The summed E-state index contributed by atoms with van der Waals surface area (Å²) in [6, 6.07) is 12.4. The van der Waals surface area contributed by atoms with Crippen molar-refractivity contribution in [1.29, 1.82) is 0 Å². The summed E-state index contributed by atoms with van der Waals surface area (Å²) in [5.41, 5.74) is 9.33. The maximum Gasteiger partial charge on any atom is 0.280 e. The number of methoxy groups -OCH3 is 1. The summed E-state index contributed by atoms with van der Waals surface area (Å²) in [4.78, 5) is 24.7. The number of hydrogen-bond acceptors (Lipinski definition) is 6. The fourth-order valence-electron chi connectivity index (χ4n) is 2.62. The van der Waals surface area contributed by atoms with Gasteiger partial charge in [0.1, 0.15) is 12.3 Å². The van der Waals surface area contributed by atoms with Gasteiger partial charge in [-0.15, -0.1) is 5.10 Å². The normalized spacial score (nSPS) is 10.4. The highest BCUT2D eigenvalue weighted by Crippen LogP contribution is 2.17. The first-order chi connectivity index (χ1) is 13.9. The number of anilines is 3. The van der Waals surface area contributed by atoms with E-state index in [-0.39, 0.29) is 24.0 Å². The average molecular weight is 394 g/mol. The number of aryl methyl sites for hydroxylation is 2. The molecule has 1 aromatic heterocycles. The molecule has 0 aliphatic rings. The van der Waals surface area contributed by atoms with Crippen molar-refractivity contribution < 1.29 is 14.3 Å². The van der Waals surface area contributed by atoms with Crippen LogP contribution in [0.25, 0.3) is 0 Å². The quantitative estimate of drug-likeness (QED) is 0.590. The van der Waals surface area contributed by atoms with Crippen LogP contribution in [0.4, 0.5) is 17.2 Å². The van der Waals surface area contributed by atoms with E-state index in [4.69, 9.17) is 10.5 Å². The van der Waals surface area contributed by atoms with Gasteiger partial charge in [-0.3, -0.25) is 9.59 Å². The Labute approximate surface area is 167 Å². The number of carbonyl (C=O) groups is 2. The molecule has 2 aromatic carbocycles. The van der Waals surface area contributed by atoms with Crippen LogP contribution in [-0.2, 0) is 11.3 Å². The van der Waals surface area contributed by atoms with E-state index >= 15 is 0 Å². The zero-order valence-corrected chi connectivity index (χ0v) is 16.4. The van der Waals surface area contributed by atoms with Crippen LogP contribution >= 0.6 is 0 Å². The highest BCUT2D eigenvalue weighted by atomic mass is 16.5. The molecule has 9 nitrogen and oxygen atoms in total. The summed E-state index contributed by atoms with van der Waals surface area (Å²) in [6.07, 6.45) is 0. The van der Waals surface area contributed by atoms with Crippen LogP contribution < -0.4 is 21.1 Å². The third-order valence-corrected chi connectivity index (χ3v) is 4.42. The molecule has 3 rings (SSSR count). The fourth-order valence-corrected chi connectivity index (χ4v) is 2.62. The van der Waals surface area contributed by atoms with Gasteiger partial charge >= 0.3 is 0 Å². The molecule has 3 aromatic rings. The standard InChI is InChI=1S/C20H22N6O3/c1-12-4-5-15(10-13(12)2)23-20(28)18-19(21)26(25-24-18)11-17(27)22-14-6-8-16(29-3)9-7-14/h4-10H,11,21H2,1-3H3,(H,22,27)(H,23,28). The molecule has 0 fully saturated rings. The van der Waals surface area contributed by atoms with Crippen molar-refractivity contribution in [3.8, 4) is 5.75 Å². The minimum absolute atomic E-state index is 0.0104. The predicted molar refractivity (Wildman–Crippen MR) is 110 cm³/mol. The Kier molecular flexibility index (Phi) is 5.77. The van der Waals surface area contributed by atoms with Crippen molar-refractivity contribution in [2.75, 3.05) is 23.5 Å². The molecule has 1 heterocycles. The summed E-state index contributed by atoms with van der Waals surface area (Å²) in [5, 5.41) is 13.1. The number of nitrogens with zero attached hydrogens (tertiary/aromatic N) is 3. The topological polar surface area (TPSA) is 124 Å². The fraction of sp³-hybridized carbons (Fsp3) is 0.200. The van der Waals surface area contributed by atoms with Gasteiger partial charge in [0, 0.05) is 11.4 Å². The molecule has 0 aliphatic carbocycles. The van der Waals surface area contributed by atoms with E-state index in [0.717, 1.165) is 11.1 Å². The summed E-state index contributed by atoms with van der Waals surface area (Å²) in [7, 11) is 1.56. The van der Waals surface area contributed by atoms with Crippen molar-refractivity contribution in [2.24, 2.45) is 0 Å². The molecular weight excluding hydrogens is 372 g/mol. The highest BCUT2D eigenvalue weighted by Gasteiger charge is 2.19. The molecule has 150 valence electrons. The minimum atomic E-state index is -0.493. The van der Waals surface area contributed by atoms with Gasteiger partial charge in [-0.05, 0) is 61.4 Å². The Bertz CT molecular complexity index is 1040. The van der Waals surface area contributed by atoms with Crippen LogP contribution in [0.2, 0.25) is 0 Å². The van der Waals surface area contributed by atoms with E-state index in [1.807, 2.05) is 26.0 Å². The van der Waals surface area contributed by atoms with Gasteiger partial charge < -0.3 is 21.1 Å². The average Bonchev–Trinajstić information content (AvgIpc) is 3.05. The van der Waals surface area contributed by atoms with Gasteiger partial charge in [0.25, 0.3) is 5.91 Å². The first-order valence-electron chi connectivity index (χ1n) is 8.89. The minimum Gasteiger partial charge on any atom is -0.497 e. The molecule has 4 N–H and O–H groups in total. The maximum absolute atomic E-state index is 12.5. The van der Waals surface area contributed by atoms with Crippen LogP contribution in [0.5, 0.6) is 5.75 Å². The zero-order valence-electron chi connectivity index (χ0n) is 16.4. The van der Waals surface area contributed by atoms with Gasteiger partial charge in [-0.25, -0.2) is 4.68 Å². The largest absolute Gasteiger partial charge is 0.497 e. The molecule has 0 radical (unpaired) electrons. The van der Waals surface area contributed by atoms with Gasteiger partial charge in [0.05, 0.1) is 7.11 Å². The molecule has 0 unspecified atom stereocenters. The van der Waals surface area contributed by atoms with E-state index in [1.165, 1.54) is 4.68 Å². The van der Waals surface area contributed by atoms with Crippen LogP contribution in [0.1, 0.15) is 21.6 Å². The third kappa shape index (κ3) is 4.70. The summed E-state index contributed by atoms with van der Waals surface area (Å²) in [5.74, 6) is -0.153. The van der Waals surface area contributed by atoms with Crippen molar-refractivity contribution in [2.45, 2.75) is 20.4 Å². The van der Waals surface area contributed by atoms with Crippen LogP contribution in [0.15, 0.2) is 42.5 Å². The van der Waals surface area contributed by atoms with Crippen molar-refractivity contribution in [1.82, 2.24) is 15.0 Å². The molecule has 0 aliphatic heterocycles. The number of benzene rings is 2. The number of nitrogen functional groups attached to an aromatic ring is 1. The van der Waals surface area contributed by atoms with Crippen LogP contribution in [0, 0.1) is 13.8 Å². The second-order valence-corrected chi connectivity index (χ2v) is 6.51. The zero-order chi connectivity index (χ0) is 21.0. The first kappa shape index (κ1) is 19.9. The summed E-state index contributed by atoms with van der Waals surface area (Å²) >= 11 is 0. The lowest BCUT2D eigenvalue weighted by Crippen LogP contribution is -2.21. The lowest BCUT2D eigenvalue weighted by atomic mass is 10.1. The van der Waals surface area contributed by atoms with E-state index in [2.05, 4.69) is 20.9 Å². The van der Waals surface area contributed by atoms with E-state index in [1.54, 1.807) is 37.4 Å². The highest BCUT2D eigenvalue weighted by molar-refractivity contribution is 6.05. The molecule has 9 heteroatoms. The molecule has 29 heavy (non-hydrogen) atoms. The van der Waals surface area contributed by atoms with Crippen molar-refractivity contribution in [3.05, 3.63) is 59.3 Å². The molecule has 0 spiro atoms. The van der Waals surface area contributed by atoms with Gasteiger partial charge in [0.15, 0.2) is 11.5 Å². The lowest BCUT2D eigenvalue weighted by molar-refractivity contribution is -0.116. The number of nitrogens with one attached hydrogen (secondary N) is 2. The number of nitrogens with two attached hydrogens (primary N) is 1. The molecular formula is C20H22N6O3. The number of aromatic nitrogens is 3. The number of rotatable bonds is 6. The second-order valence-electron chi connectivity index (χ2n) is 6.51. The van der Waals surface area contributed by atoms with Gasteiger partial charge in [-0.2, -0.15) is 0 Å². The maximum atomic E-state index is 12.5. The molecule has 0 bridgehead atoms.